The summed E-state index contributed by atoms with van der Waals surface area (Å²) >= 11 is 0. The molecule has 3 rings (SSSR count). The minimum atomic E-state index is 0.421. The van der Waals surface area contributed by atoms with E-state index in [-0.39, 0.29) is 0 Å². The molecule has 2 aromatic heterocycles. The van der Waals surface area contributed by atoms with Gasteiger partial charge in [-0.2, -0.15) is 5.10 Å². The molecule has 1 saturated heterocycles. The van der Waals surface area contributed by atoms with Crippen molar-refractivity contribution in [2.75, 3.05) is 13.1 Å². The fraction of sp³-hybridized carbons (Fsp3) is 0.588. The summed E-state index contributed by atoms with van der Waals surface area (Å²) in [6.07, 6.45) is 7.99. The number of aromatic nitrogens is 4. The van der Waals surface area contributed by atoms with E-state index in [9.17, 15) is 0 Å². The first-order valence-electron chi connectivity index (χ1n) is 8.17. The molecule has 5 nitrogen and oxygen atoms in total. The van der Waals surface area contributed by atoms with Gasteiger partial charge in [0.2, 0.25) is 0 Å². The molecular formula is C17H25N5. The van der Waals surface area contributed by atoms with Crippen LogP contribution in [-0.4, -0.2) is 37.7 Å². The number of rotatable bonds is 4. The molecule has 0 bridgehead atoms. The second-order valence-corrected chi connectivity index (χ2v) is 6.50. The summed E-state index contributed by atoms with van der Waals surface area (Å²) in [5.74, 6) is 0.554. The normalized spacial score (nSPS) is 17.3. The molecule has 0 saturated carbocycles. The third kappa shape index (κ3) is 3.35. The molecule has 0 spiro atoms. The molecule has 0 N–H and O–H groups in total. The Bertz CT molecular complexity index is 611. The predicted molar refractivity (Wildman–Crippen MR) is 86.6 cm³/mol. The lowest BCUT2D eigenvalue weighted by Crippen LogP contribution is -2.33. The predicted octanol–water partition coefficient (Wildman–Crippen LogP) is 2.94. The Hall–Kier alpha value is -1.75. The first-order valence-corrected chi connectivity index (χ1v) is 8.17. The Morgan fingerprint density at radius 2 is 2.00 bits per heavy atom. The van der Waals surface area contributed by atoms with Gasteiger partial charge in [-0.1, -0.05) is 0 Å². The van der Waals surface area contributed by atoms with Crippen LogP contribution in [0.3, 0.4) is 0 Å². The van der Waals surface area contributed by atoms with Crippen molar-refractivity contribution < 1.29 is 0 Å². The molecule has 0 amide bonds. The Labute approximate surface area is 132 Å². The van der Waals surface area contributed by atoms with E-state index < -0.39 is 0 Å². The van der Waals surface area contributed by atoms with E-state index >= 15 is 0 Å². The van der Waals surface area contributed by atoms with Crippen molar-refractivity contribution in [3.05, 3.63) is 41.7 Å². The van der Waals surface area contributed by atoms with Crippen molar-refractivity contribution in [2.24, 2.45) is 0 Å². The van der Waals surface area contributed by atoms with E-state index in [4.69, 9.17) is 0 Å². The highest BCUT2D eigenvalue weighted by Gasteiger charge is 2.22. The molecule has 0 radical (unpaired) electrons. The van der Waals surface area contributed by atoms with Crippen molar-refractivity contribution in [2.45, 2.75) is 52.1 Å². The molecule has 22 heavy (non-hydrogen) atoms. The summed E-state index contributed by atoms with van der Waals surface area (Å²) in [7, 11) is 0. The van der Waals surface area contributed by atoms with Gasteiger partial charge in [-0.05, 0) is 52.8 Å². The van der Waals surface area contributed by atoms with Crippen molar-refractivity contribution in [3.63, 3.8) is 0 Å². The topological polar surface area (TPSA) is 46.8 Å². The van der Waals surface area contributed by atoms with E-state index in [2.05, 4.69) is 44.6 Å². The van der Waals surface area contributed by atoms with Gasteiger partial charge in [0, 0.05) is 37.1 Å². The van der Waals surface area contributed by atoms with Crippen molar-refractivity contribution in [1.82, 2.24) is 24.6 Å². The number of piperidine rings is 1. The van der Waals surface area contributed by atoms with Gasteiger partial charge in [-0.25, -0.2) is 0 Å². The Balaban J connectivity index is 1.59. The van der Waals surface area contributed by atoms with Crippen LogP contribution in [0.25, 0.3) is 0 Å². The molecule has 0 aliphatic carbocycles. The lowest BCUT2D eigenvalue weighted by molar-refractivity contribution is 0.196. The zero-order chi connectivity index (χ0) is 15.5. The van der Waals surface area contributed by atoms with Gasteiger partial charge in [0.15, 0.2) is 0 Å². The average molecular weight is 299 g/mol. The van der Waals surface area contributed by atoms with Gasteiger partial charge in [-0.3, -0.25) is 19.5 Å². The molecular weight excluding hydrogens is 274 g/mol. The van der Waals surface area contributed by atoms with Crippen LogP contribution in [0.15, 0.2) is 24.7 Å². The highest BCUT2D eigenvalue weighted by atomic mass is 15.3. The van der Waals surface area contributed by atoms with Gasteiger partial charge >= 0.3 is 0 Å². The fourth-order valence-electron chi connectivity index (χ4n) is 3.23. The molecule has 0 atom stereocenters. The largest absolute Gasteiger partial charge is 0.297 e. The van der Waals surface area contributed by atoms with Gasteiger partial charge in [0.1, 0.15) is 0 Å². The minimum Gasteiger partial charge on any atom is -0.297 e. The smallest absolute Gasteiger partial charge is 0.0621 e. The van der Waals surface area contributed by atoms with Gasteiger partial charge in [-0.15, -0.1) is 0 Å². The monoisotopic (exact) mass is 299 g/mol. The number of likely N-dealkylation sites (tertiary alicyclic amines) is 1. The summed E-state index contributed by atoms with van der Waals surface area (Å²) in [6, 6.07) is 2.56. The summed E-state index contributed by atoms with van der Waals surface area (Å²) in [5, 5.41) is 4.43. The molecule has 1 aliphatic rings. The lowest BCUT2D eigenvalue weighted by Gasteiger charge is -2.31. The van der Waals surface area contributed by atoms with Crippen LogP contribution in [0.2, 0.25) is 0 Å². The van der Waals surface area contributed by atoms with E-state index in [1.807, 2.05) is 25.5 Å². The number of aryl methyl sites for hydroxylation is 1. The summed E-state index contributed by atoms with van der Waals surface area (Å²) in [6.45, 7) is 9.59. The first-order chi connectivity index (χ1) is 10.6. The number of hydrogen-bond donors (Lipinski definition) is 0. The SMILES string of the molecule is Cc1cncc(C2CCN(Cc3ccnn3C(C)C)CC2)n1. The van der Waals surface area contributed by atoms with Crippen LogP contribution in [-0.2, 0) is 6.54 Å². The highest BCUT2D eigenvalue weighted by Crippen LogP contribution is 2.27. The van der Waals surface area contributed by atoms with Crippen molar-refractivity contribution >= 4 is 0 Å². The third-order valence-corrected chi connectivity index (χ3v) is 4.41. The lowest BCUT2D eigenvalue weighted by atomic mass is 9.93. The maximum absolute atomic E-state index is 4.64. The van der Waals surface area contributed by atoms with Crippen LogP contribution in [0.1, 0.15) is 55.7 Å². The van der Waals surface area contributed by atoms with E-state index in [1.165, 1.54) is 5.69 Å². The third-order valence-electron chi connectivity index (χ3n) is 4.41. The highest BCUT2D eigenvalue weighted by molar-refractivity contribution is 5.09. The first kappa shape index (κ1) is 15.2. The second kappa shape index (κ2) is 6.57. The van der Waals surface area contributed by atoms with Gasteiger partial charge in [0.05, 0.1) is 17.1 Å². The molecule has 0 aromatic carbocycles. The Morgan fingerprint density at radius 3 is 2.68 bits per heavy atom. The quantitative estimate of drug-likeness (QED) is 0.871. The molecule has 0 unspecified atom stereocenters. The van der Waals surface area contributed by atoms with Crippen molar-refractivity contribution in [1.29, 1.82) is 0 Å². The standard InChI is InChI=1S/C17H25N5/c1-13(2)22-16(4-7-19-22)12-21-8-5-15(6-9-21)17-11-18-10-14(3)20-17/h4,7,10-11,13,15H,5-6,8-9,12H2,1-3H3. The molecule has 5 heteroatoms. The molecule has 1 fully saturated rings. The van der Waals surface area contributed by atoms with E-state index in [1.54, 1.807) is 0 Å². The van der Waals surface area contributed by atoms with Crippen LogP contribution < -0.4 is 0 Å². The maximum Gasteiger partial charge on any atom is 0.0621 e. The molecule has 3 heterocycles. The zero-order valence-corrected chi connectivity index (χ0v) is 13.7. The summed E-state index contributed by atoms with van der Waals surface area (Å²) in [4.78, 5) is 11.4. The van der Waals surface area contributed by atoms with Gasteiger partial charge in [0.25, 0.3) is 0 Å². The van der Waals surface area contributed by atoms with Crippen LogP contribution in [0.5, 0.6) is 0 Å². The average Bonchev–Trinajstić information content (AvgIpc) is 2.96. The Morgan fingerprint density at radius 1 is 1.23 bits per heavy atom. The molecule has 118 valence electrons. The fourth-order valence-corrected chi connectivity index (χ4v) is 3.23. The van der Waals surface area contributed by atoms with Crippen molar-refractivity contribution in [3.8, 4) is 0 Å². The van der Waals surface area contributed by atoms with E-state index in [0.29, 0.717) is 12.0 Å². The van der Waals surface area contributed by atoms with Gasteiger partial charge < -0.3 is 0 Å². The van der Waals surface area contributed by atoms with Crippen LogP contribution >= 0.6 is 0 Å². The summed E-state index contributed by atoms with van der Waals surface area (Å²) in [5.41, 5.74) is 3.48. The zero-order valence-electron chi connectivity index (χ0n) is 13.7. The van der Waals surface area contributed by atoms with Crippen LogP contribution in [0.4, 0.5) is 0 Å². The maximum atomic E-state index is 4.64. The molecule has 2 aromatic rings. The summed E-state index contributed by atoms with van der Waals surface area (Å²) < 4.78 is 2.12. The molecule has 1 aliphatic heterocycles. The van der Waals surface area contributed by atoms with E-state index in [0.717, 1.165) is 43.9 Å². The number of hydrogen-bond acceptors (Lipinski definition) is 4. The Kier molecular flexibility index (Phi) is 4.52. The number of nitrogens with zero attached hydrogens (tertiary/aromatic N) is 5. The van der Waals surface area contributed by atoms with Crippen LogP contribution in [0, 0.1) is 6.92 Å². The minimum absolute atomic E-state index is 0.421. The second-order valence-electron chi connectivity index (χ2n) is 6.50.